The normalized spacial score (nSPS) is 7.35. The van der Waals surface area contributed by atoms with E-state index in [-0.39, 0.29) is 18.2 Å². The highest BCUT2D eigenvalue weighted by atomic mass is 16.4. The van der Waals surface area contributed by atoms with Gasteiger partial charge >= 0.3 is 0 Å². The maximum Gasteiger partial charge on any atom is 0.300 e. The molecule has 1 rings (SSSR count). The highest BCUT2D eigenvalue weighted by molar-refractivity contribution is 6.23. The zero-order chi connectivity index (χ0) is 18.3. The predicted molar refractivity (Wildman–Crippen MR) is 81.7 cm³/mol. The molecule has 0 aliphatic heterocycles. The Morgan fingerprint density at radius 1 is 1.04 bits per heavy atom. The summed E-state index contributed by atoms with van der Waals surface area (Å²) in [6.07, 6.45) is 1.91. The minimum absolute atomic E-state index is 0. The van der Waals surface area contributed by atoms with Crippen molar-refractivity contribution in [3.05, 3.63) is 17.7 Å². The Labute approximate surface area is 133 Å². The number of aryl methyl sites for hydroxylation is 1. The molecule has 132 valence electrons. The number of hydrogen-bond donors (Lipinski definition) is 4. The van der Waals surface area contributed by atoms with Gasteiger partial charge in [0.05, 0.1) is 0 Å². The van der Waals surface area contributed by atoms with Crippen molar-refractivity contribution < 1.29 is 34.2 Å². The average molecular weight is 333 g/mol. The molecule has 1 aromatic rings. The van der Waals surface area contributed by atoms with Gasteiger partial charge in [-0.05, 0) is 6.92 Å². The monoisotopic (exact) mass is 333 g/mol. The van der Waals surface area contributed by atoms with E-state index in [1.165, 1.54) is 13.8 Å². The first-order valence-corrected chi connectivity index (χ1v) is 5.81. The summed E-state index contributed by atoms with van der Waals surface area (Å²) in [5.74, 6) is -1.68. The van der Waals surface area contributed by atoms with Crippen molar-refractivity contribution in [3.63, 3.8) is 0 Å². The molecule has 0 aliphatic rings. The summed E-state index contributed by atoms with van der Waals surface area (Å²) < 4.78 is 0. The smallest absolute Gasteiger partial charge is 0.300 e. The molecule has 0 aromatic carbocycles. The second-order valence-electron chi connectivity index (χ2n) is 3.74. The molecule has 6 N–H and O–H groups in total. The van der Waals surface area contributed by atoms with Crippen LogP contribution >= 0.6 is 0 Å². The van der Waals surface area contributed by atoms with E-state index in [9.17, 15) is 9.59 Å². The predicted octanol–water partition coefficient (Wildman–Crippen LogP) is 1.04. The number of carbonyl (C=O) groups excluding carboxylic acids is 3. The summed E-state index contributed by atoms with van der Waals surface area (Å²) in [5.41, 5.74) is 0.917. The van der Waals surface area contributed by atoms with Gasteiger partial charge in [0, 0.05) is 39.6 Å². The van der Waals surface area contributed by atoms with Gasteiger partial charge in [-0.1, -0.05) is 0 Å². The van der Waals surface area contributed by atoms with E-state index in [0.717, 1.165) is 19.5 Å². The van der Waals surface area contributed by atoms with Crippen molar-refractivity contribution in [1.29, 1.82) is 0 Å². The second-order valence-corrected chi connectivity index (χ2v) is 3.74. The molecule has 1 aromatic heterocycles. The van der Waals surface area contributed by atoms with Gasteiger partial charge in [-0.2, -0.15) is 0 Å². The number of aromatic amines is 1. The molecule has 0 aliphatic carbocycles. The van der Waals surface area contributed by atoms with Crippen LogP contribution in [0.3, 0.4) is 0 Å². The summed E-state index contributed by atoms with van der Waals surface area (Å²) in [4.78, 5) is 53.8. The lowest BCUT2D eigenvalue weighted by molar-refractivity contribution is -0.135. The lowest BCUT2D eigenvalue weighted by Crippen LogP contribution is -1.93. The van der Waals surface area contributed by atoms with E-state index >= 15 is 0 Å². The number of nitrogens with one attached hydrogen (secondary N) is 1. The van der Waals surface area contributed by atoms with Crippen LogP contribution in [-0.2, 0) is 19.2 Å². The van der Waals surface area contributed by atoms with Crippen molar-refractivity contribution in [2.75, 3.05) is 0 Å². The number of aromatic nitrogens is 2. The summed E-state index contributed by atoms with van der Waals surface area (Å²) >= 11 is 0. The molecule has 0 spiro atoms. The number of H-pyrrole nitrogens is 1. The Balaban J connectivity index is -0.000000112. The standard InChI is InChI=1S/C6H8N2O.C3H4O2.2C2H4O2.H3N/c1-4-3-7-6(8-4)5(2)9;1-3(5)2-4;2*1-2(3)4;/h3H,1-2H3,(H,7,8);2H,1H3;2*1H3,(H,3,4);1H3. The zero-order valence-corrected chi connectivity index (χ0v) is 13.7. The molecule has 0 bridgehead atoms. The zero-order valence-electron chi connectivity index (χ0n) is 13.7. The van der Waals surface area contributed by atoms with Gasteiger partial charge in [0.15, 0.2) is 23.7 Å². The van der Waals surface area contributed by atoms with Crippen LogP contribution in [-0.4, -0.2) is 50.0 Å². The van der Waals surface area contributed by atoms with Gasteiger partial charge in [0.1, 0.15) is 0 Å². The number of carbonyl (C=O) groups is 5. The molecule has 0 saturated heterocycles. The van der Waals surface area contributed by atoms with Crippen LogP contribution in [0.4, 0.5) is 0 Å². The van der Waals surface area contributed by atoms with E-state index in [4.69, 9.17) is 24.6 Å². The van der Waals surface area contributed by atoms with Crippen LogP contribution in [0.5, 0.6) is 0 Å². The van der Waals surface area contributed by atoms with Crippen LogP contribution in [0.25, 0.3) is 0 Å². The van der Waals surface area contributed by atoms with Crippen molar-refractivity contribution >= 4 is 29.8 Å². The summed E-state index contributed by atoms with van der Waals surface area (Å²) in [6, 6.07) is 0. The Morgan fingerprint density at radius 3 is 1.43 bits per heavy atom. The molecule has 0 radical (unpaired) electrons. The van der Waals surface area contributed by atoms with Gasteiger partial charge < -0.3 is 21.3 Å². The number of hydrogen-bond acceptors (Lipinski definition) is 7. The van der Waals surface area contributed by atoms with Crippen LogP contribution in [0.1, 0.15) is 44.0 Å². The number of nitrogens with zero attached hydrogens (tertiary/aromatic N) is 1. The van der Waals surface area contributed by atoms with Crippen LogP contribution < -0.4 is 6.15 Å². The van der Waals surface area contributed by atoms with Crippen molar-refractivity contribution in [3.8, 4) is 0 Å². The number of aliphatic carboxylic acids is 2. The Kier molecular flexibility index (Phi) is 21.1. The summed E-state index contributed by atoms with van der Waals surface area (Å²) in [6.45, 7) is 6.73. The molecule has 0 saturated carbocycles. The SMILES string of the molecule is CC(=O)C=O.CC(=O)O.CC(=O)O.CC(=O)c1ncc(C)[nH]1.N. The Hall–Kier alpha value is -2.88. The van der Waals surface area contributed by atoms with Crippen molar-refractivity contribution in [2.24, 2.45) is 0 Å². The number of ketones is 2. The molecule has 23 heavy (non-hydrogen) atoms. The first-order chi connectivity index (χ1) is 9.93. The Bertz CT molecular complexity index is 489. The van der Waals surface area contributed by atoms with E-state index in [1.807, 2.05) is 6.92 Å². The lowest BCUT2D eigenvalue weighted by atomic mass is 10.4. The molecule has 10 nitrogen and oxygen atoms in total. The highest BCUT2D eigenvalue weighted by Crippen LogP contribution is 1.94. The number of carboxylic acid groups (broad SMARTS) is 2. The number of aldehydes is 1. The molecular weight excluding hydrogens is 310 g/mol. The molecule has 0 unspecified atom stereocenters. The van der Waals surface area contributed by atoms with Gasteiger partial charge in [-0.3, -0.25) is 24.0 Å². The molecule has 0 fully saturated rings. The fourth-order valence-corrected chi connectivity index (χ4v) is 0.592. The fraction of sp³-hybridized carbons (Fsp3) is 0.385. The van der Waals surface area contributed by atoms with Crippen LogP contribution in [0, 0.1) is 6.92 Å². The summed E-state index contributed by atoms with van der Waals surface area (Å²) in [5, 5.41) is 14.8. The first kappa shape index (κ1) is 28.3. The maximum absolute atomic E-state index is 10.6. The minimum atomic E-state index is -0.833. The molecule has 0 atom stereocenters. The number of carboxylic acids is 2. The lowest BCUT2D eigenvalue weighted by Gasteiger charge is -1.82. The number of rotatable bonds is 2. The number of imidazole rings is 1. The maximum atomic E-state index is 10.6. The molecule has 10 heteroatoms. The van der Waals surface area contributed by atoms with Gasteiger partial charge in [0.25, 0.3) is 11.9 Å². The topological polar surface area (TPSA) is 189 Å². The third-order valence-corrected chi connectivity index (χ3v) is 1.20. The van der Waals surface area contributed by atoms with Gasteiger partial charge in [-0.25, -0.2) is 4.98 Å². The number of Topliss-reactive ketones (excluding diaryl/α,β-unsaturated/α-hetero) is 2. The Morgan fingerprint density at radius 2 is 1.35 bits per heavy atom. The van der Waals surface area contributed by atoms with E-state index < -0.39 is 17.7 Å². The molecule has 0 amide bonds. The first-order valence-electron chi connectivity index (χ1n) is 5.81. The fourth-order valence-electron chi connectivity index (χ4n) is 0.592. The van der Waals surface area contributed by atoms with Crippen LogP contribution in [0.15, 0.2) is 6.20 Å². The summed E-state index contributed by atoms with van der Waals surface area (Å²) in [7, 11) is 0. The molecular formula is C13H23N3O7. The largest absolute Gasteiger partial charge is 0.481 e. The average Bonchev–Trinajstić information content (AvgIpc) is 2.75. The van der Waals surface area contributed by atoms with E-state index in [2.05, 4.69) is 9.97 Å². The second kappa shape index (κ2) is 17.2. The van der Waals surface area contributed by atoms with Crippen LogP contribution in [0.2, 0.25) is 0 Å². The van der Waals surface area contributed by atoms with E-state index in [1.54, 1.807) is 6.20 Å². The third kappa shape index (κ3) is 38.1. The minimum Gasteiger partial charge on any atom is -0.481 e. The van der Waals surface area contributed by atoms with E-state index in [0.29, 0.717) is 5.82 Å². The third-order valence-electron chi connectivity index (χ3n) is 1.20. The molecule has 1 heterocycles. The van der Waals surface area contributed by atoms with Crippen molar-refractivity contribution in [1.82, 2.24) is 16.1 Å². The van der Waals surface area contributed by atoms with Gasteiger partial charge in [-0.15, -0.1) is 0 Å². The van der Waals surface area contributed by atoms with Gasteiger partial charge in [0.2, 0.25) is 0 Å². The van der Waals surface area contributed by atoms with Crippen molar-refractivity contribution in [2.45, 2.75) is 34.6 Å². The quantitative estimate of drug-likeness (QED) is 0.348. The highest BCUT2D eigenvalue weighted by Gasteiger charge is 2.00.